The van der Waals surface area contributed by atoms with Crippen LogP contribution in [-0.2, 0) is 29.0 Å². The van der Waals surface area contributed by atoms with Gasteiger partial charge in [-0.2, -0.15) is 48.2 Å². The first kappa shape index (κ1) is 31.2. The van der Waals surface area contributed by atoms with Crippen LogP contribution in [0.15, 0.2) is 0 Å². The van der Waals surface area contributed by atoms with Gasteiger partial charge in [-0.3, -0.25) is 5.04 Å². The molecule has 22 heteroatoms. The van der Waals surface area contributed by atoms with Crippen LogP contribution < -0.4 is 5.26 Å². The fraction of sp³-hybridized carbons (Fsp3) is 1.00. The average Bonchev–Trinajstić information content (AvgIpc) is 2.58. The average molecular weight is 548 g/mol. The molecule has 0 spiro atoms. The van der Waals surface area contributed by atoms with Crippen molar-refractivity contribution >= 4 is 22.2 Å². The highest BCUT2D eigenvalue weighted by Gasteiger charge is 2.77. The molecular weight excluding hydrogens is 540 g/mol. The van der Waals surface area contributed by atoms with Crippen LogP contribution in [0, 0.1) is 0 Å². The molecule has 0 aliphatic carbocycles. The van der Waals surface area contributed by atoms with Crippen LogP contribution in [0.5, 0.6) is 0 Å². The van der Waals surface area contributed by atoms with Crippen LogP contribution in [0.3, 0.4) is 0 Å². The van der Waals surface area contributed by atoms with Gasteiger partial charge in [0.1, 0.15) is 10.1 Å². The van der Waals surface area contributed by atoms with Gasteiger partial charge in [0.05, 0.1) is 25.3 Å². The second kappa shape index (κ2) is 10.2. The first-order chi connectivity index (χ1) is 14.0. The first-order valence-corrected chi connectivity index (χ1v) is 9.31. The fourth-order valence-electron chi connectivity index (χ4n) is 1.56. The predicted molar refractivity (Wildman–Crippen MR) is 70.3 cm³/mol. The SMILES string of the molecule is O=S(=O)([O-])C(F)(C(F)(F)F)C(F)(F)OCCCCOC(F)(F)C(F)(SOO[O-])C(F)(F)F. The molecule has 0 amide bonds. The van der Waals surface area contributed by atoms with E-state index in [2.05, 4.69) is 18.8 Å². The molecule has 0 N–H and O–H groups in total. The van der Waals surface area contributed by atoms with Gasteiger partial charge in [-0.05, 0) is 12.8 Å². The third-order valence-corrected chi connectivity index (χ3v) is 5.08. The first-order valence-electron chi connectivity index (χ1n) is 7.16. The molecule has 0 radical (unpaired) electrons. The molecule has 0 aromatic rings. The molecule has 0 heterocycles. The number of rotatable bonds is 13. The summed E-state index contributed by atoms with van der Waals surface area (Å²) in [4.78, 5) is 0. The quantitative estimate of drug-likeness (QED) is 0.0856. The summed E-state index contributed by atoms with van der Waals surface area (Å²) in [5, 5.41) is -0.704. The van der Waals surface area contributed by atoms with Gasteiger partial charge in [-0.15, -0.1) is 0 Å². The fourth-order valence-corrected chi connectivity index (χ4v) is 2.57. The molecule has 8 nitrogen and oxygen atoms in total. The molecule has 32 heavy (non-hydrogen) atoms. The summed E-state index contributed by atoms with van der Waals surface area (Å²) < 4.78 is 195. The summed E-state index contributed by atoms with van der Waals surface area (Å²) in [5.74, 6) is 0. The van der Waals surface area contributed by atoms with E-state index in [1.807, 2.05) is 0 Å². The van der Waals surface area contributed by atoms with E-state index < -0.39 is 82.8 Å². The lowest BCUT2D eigenvalue weighted by Crippen LogP contribution is -2.61. The molecule has 0 aliphatic heterocycles. The minimum absolute atomic E-state index is 1.08. The molecule has 2 unspecified atom stereocenters. The number of ether oxygens (including phenoxy) is 2. The van der Waals surface area contributed by atoms with Gasteiger partial charge >= 0.3 is 34.6 Å². The van der Waals surface area contributed by atoms with Crippen LogP contribution in [-0.4, -0.2) is 60.8 Å². The second-order valence-corrected chi connectivity index (χ2v) is 7.63. The number of alkyl halides is 12. The lowest BCUT2D eigenvalue weighted by atomic mass is 10.3. The van der Waals surface area contributed by atoms with Crippen molar-refractivity contribution in [3.63, 3.8) is 0 Å². The number of halogens is 12. The predicted octanol–water partition coefficient (Wildman–Crippen LogP) is 2.86. The molecule has 0 fully saturated rings. The zero-order valence-electron chi connectivity index (χ0n) is 14.4. The summed E-state index contributed by atoms with van der Waals surface area (Å²) >= 11 is -1.84. The Morgan fingerprint density at radius 2 is 1.12 bits per heavy atom. The van der Waals surface area contributed by atoms with Crippen LogP contribution >= 0.6 is 12.0 Å². The van der Waals surface area contributed by atoms with E-state index in [1.54, 1.807) is 0 Å². The van der Waals surface area contributed by atoms with Crippen molar-refractivity contribution in [2.45, 2.75) is 47.4 Å². The standard InChI is InChI=1S/C10H10F12O8S2/c11-5(7(13,14)15,31-30-29-23)9(19,20)27-3-1-2-4-28-10(21,22)6(12,8(16,17)18)32(24,25)26/h23H,1-4H2,(H,24,25,26)/p-2. The van der Waals surface area contributed by atoms with Crippen molar-refractivity contribution in [3.05, 3.63) is 0 Å². The Morgan fingerprint density at radius 3 is 1.44 bits per heavy atom. The Hall–Kier alpha value is -0.780. The molecule has 0 bridgehead atoms. The van der Waals surface area contributed by atoms with Crippen molar-refractivity contribution in [1.29, 1.82) is 0 Å². The molecule has 0 rings (SSSR count). The monoisotopic (exact) mass is 548 g/mol. The van der Waals surface area contributed by atoms with E-state index in [9.17, 15) is 70.9 Å². The van der Waals surface area contributed by atoms with Crippen molar-refractivity contribution in [2.75, 3.05) is 13.2 Å². The number of unbranched alkanes of at least 4 members (excludes halogenated alkanes) is 1. The molecule has 194 valence electrons. The van der Waals surface area contributed by atoms with Gasteiger partial charge in [0.2, 0.25) is 0 Å². The zero-order valence-corrected chi connectivity index (χ0v) is 16.1. The van der Waals surface area contributed by atoms with Gasteiger partial charge in [0.25, 0.3) is 0 Å². The summed E-state index contributed by atoms with van der Waals surface area (Å²) in [7, 11) is -7.42. The number of hydrogen-bond acceptors (Lipinski definition) is 9. The van der Waals surface area contributed by atoms with Crippen LogP contribution in [0.25, 0.3) is 0 Å². The Bertz CT molecular complexity index is 714. The van der Waals surface area contributed by atoms with Gasteiger partial charge < -0.3 is 19.3 Å². The highest BCUT2D eigenvalue weighted by molar-refractivity contribution is 7.95. The molecular formula is C10H8F12O8S2-2. The van der Waals surface area contributed by atoms with Gasteiger partial charge in [-0.25, -0.2) is 17.2 Å². The molecule has 0 aromatic heterocycles. The summed E-state index contributed by atoms with van der Waals surface area (Å²) in [6.07, 6.45) is -27.8. The molecule has 0 aliphatic rings. The van der Waals surface area contributed by atoms with E-state index in [0.29, 0.717) is 0 Å². The Balaban J connectivity index is 5.03. The lowest BCUT2D eigenvalue weighted by molar-refractivity contribution is -0.777. The smallest absolute Gasteiger partial charge is 0.445 e. The van der Waals surface area contributed by atoms with Gasteiger partial charge in [0.15, 0.2) is 0 Å². The van der Waals surface area contributed by atoms with Crippen LogP contribution in [0.2, 0.25) is 0 Å². The van der Waals surface area contributed by atoms with Crippen molar-refractivity contribution in [3.8, 4) is 0 Å². The Labute approximate surface area is 173 Å². The highest BCUT2D eigenvalue weighted by Crippen LogP contribution is 2.53. The topological polar surface area (TPSA) is 117 Å². The Kier molecular flexibility index (Phi) is 9.98. The maximum Gasteiger partial charge on any atom is 0.445 e. The molecule has 0 saturated heterocycles. The van der Waals surface area contributed by atoms with Gasteiger partial charge in [0, 0.05) is 0 Å². The third kappa shape index (κ3) is 6.42. The van der Waals surface area contributed by atoms with E-state index in [-0.39, 0.29) is 0 Å². The zero-order chi connectivity index (χ0) is 25.9. The molecule has 0 saturated carbocycles. The highest BCUT2D eigenvalue weighted by atomic mass is 32.2. The summed E-state index contributed by atoms with van der Waals surface area (Å²) in [6.45, 7) is -3.39. The lowest BCUT2D eigenvalue weighted by Gasteiger charge is -2.35. The summed E-state index contributed by atoms with van der Waals surface area (Å²) in [5.41, 5.74) is 0. The normalized spacial score (nSPS) is 18.3. The van der Waals surface area contributed by atoms with Crippen molar-refractivity contribution < 1.29 is 89.8 Å². The van der Waals surface area contributed by atoms with Crippen molar-refractivity contribution in [1.82, 2.24) is 0 Å². The van der Waals surface area contributed by atoms with E-state index in [4.69, 9.17) is 0 Å². The van der Waals surface area contributed by atoms with Crippen molar-refractivity contribution in [2.24, 2.45) is 0 Å². The number of hydrogen-bond donors (Lipinski definition) is 0. The Morgan fingerprint density at radius 1 is 0.719 bits per heavy atom. The minimum Gasteiger partial charge on any atom is -0.745 e. The van der Waals surface area contributed by atoms with E-state index in [0.717, 1.165) is 0 Å². The summed E-state index contributed by atoms with van der Waals surface area (Å²) in [6, 6.07) is 0. The van der Waals surface area contributed by atoms with Gasteiger partial charge in [-0.1, -0.05) is 0 Å². The molecule has 0 aromatic carbocycles. The second-order valence-electron chi connectivity index (χ2n) is 5.30. The largest absolute Gasteiger partial charge is 0.745 e. The van der Waals surface area contributed by atoms with Crippen LogP contribution in [0.4, 0.5) is 52.7 Å². The van der Waals surface area contributed by atoms with E-state index in [1.165, 1.54) is 0 Å². The van der Waals surface area contributed by atoms with E-state index >= 15 is 0 Å². The maximum absolute atomic E-state index is 13.6. The third-order valence-electron chi connectivity index (χ3n) is 3.10. The van der Waals surface area contributed by atoms with Crippen LogP contribution in [0.1, 0.15) is 12.8 Å². The minimum atomic E-state index is -7.42. The molecule has 2 atom stereocenters. The maximum atomic E-state index is 13.6.